The van der Waals surface area contributed by atoms with Gasteiger partial charge in [0.05, 0.1) is 17.2 Å². The Morgan fingerprint density at radius 3 is 1.96 bits per heavy atom. The molecule has 0 saturated heterocycles. The molecule has 1 aromatic heterocycles. The highest BCUT2D eigenvalue weighted by Gasteiger charge is 2.51. The van der Waals surface area contributed by atoms with E-state index in [4.69, 9.17) is 19.7 Å². The number of hydrogen-bond donors (Lipinski definition) is 0. The second-order valence-corrected chi connectivity index (χ2v) is 15.2. The standard InChI is InChI=1S/C51H41N3O/c1-32-24-29-46(37-17-13-16-36(30-37)39-27-25-33(2)52-34(39)3)53-50(35-14-5-4-6-15-35)54-49(32)38-26-28-41-40-18-7-8-19-42(40)51(45(41)31-38)43-20-9-11-22-47(43)55-48-23-12-10-21-44(48)51/h4-23,25-28,30-32,49H,24,29H2,1-3H3. The summed E-state index contributed by atoms with van der Waals surface area (Å²) < 4.78 is 6.60. The molecule has 0 amide bonds. The minimum atomic E-state index is -0.522. The van der Waals surface area contributed by atoms with Gasteiger partial charge in [-0.15, -0.1) is 0 Å². The topological polar surface area (TPSA) is 46.8 Å². The first-order valence-corrected chi connectivity index (χ1v) is 19.4. The third kappa shape index (κ3) is 5.39. The van der Waals surface area contributed by atoms with Crippen LogP contribution in [0.1, 0.15) is 76.1 Å². The highest BCUT2D eigenvalue weighted by Crippen LogP contribution is 2.62. The van der Waals surface area contributed by atoms with E-state index in [9.17, 15) is 0 Å². The maximum atomic E-state index is 6.60. The van der Waals surface area contributed by atoms with Gasteiger partial charge in [0.25, 0.3) is 0 Å². The SMILES string of the molecule is Cc1ccc(-c2cccc(C3=NC(c4ccccc4)=NC(c4ccc5c(c4)C4(c6ccccc6Oc6ccccc64)c4ccccc4-5)C(C)CC3)c2)c(C)n1. The van der Waals surface area contributed by atoms with Crippen LogP contribution in [0.3, 0.4) is 0 Å². The number of rotatable bonds is 4. The van der Waals surface area contributed by atoms with Crippen LogP contribution in [0, 0.1) is 19.8 Å². The molecule has 2 atom stereocenters. The fraction of sp³-hybridized carbons (Fsp3) is 0.157. The number of pyridine rings is 1. The van der Waals surface area contributed by atoms with Gasteiger partial charge in [-0.1, -0.05) is 140 Å². The second kappa shape index (κ2) is 13.2. The number of hydrogen-bond acceptors (Lipinski definition) is 4. The van der Waals surface area contributed by atoms with Crippen molar-refractivity contribution >= 4 is 11.5 Å². The average molecular weight is 712 g/mol. The summed E-state index contributed by atoms with van der Waals surface area (Å²) in [5.41, 5.74) is 15.7. The van der Waals surface area contributed by atoms with Crippen LogP contribution in [0.5, 0.6) is 11.5 Å². The van der Waals surface area contributed by atoms with Crippen LogP contribution in [0.2, 0.25) is 0 Å². The number of fused-ring (bicyclic) bond motifs is 9. The van der Waals surface area contributed by atoms with Crippen LogP contribution in [0.4, 0.5) is 0 Å². The number of para-hydroxylation sites is 2. The van der Waals surface area contributed by atoms with Crippen LogP contribution in [0.25, 0.3) is 22.3 Å². The molecule has 4 heteroatoms. The molecule has 0 saturated carbocycles. The molecule has 1 spiro atoms. The van der Waals surface area contributed by atoms with Crippen LogP contribution < -0.4 is 4.74 Å². The Morgan fingerprint density at radius 2 is 1.20 bits per heavy atom. The second-order valence-electron chi connectivity index (χ2n) is 15.2. The lowest BCUT2D eigenvalue weighted by atomic mass is 9.66. The number of nitrogens with zero attached hydrogens (tertiary/aromatic N) is 3. The lowest BCUT2D eigenvalue weighted by molar-refractivity contribution is 0.434. The quantitative estimate of drug-likeness (QED) is 0.182. The van der Waals surface area contributed by atoms with Crippen molar-refractivity contribution < 1.29 is 4.74 Å². The first kappa shape index (κ1) is 33.2. The molecule has 55 heavy (non-hydrogen) atoms. The summed E-state index contributed by atoms with van der Waals surface area (Å²) in [7, 11) is 0. The van der Waals surface area contributed by atoms with Crippen LogP contribution >= 0.6 is 0 Å². The van der Waals surface area contributed by atoms with Gasteiger partial charge in [0, 0.05) is 33.6 Å². The third-order valence-corrected chi connectivity index (χ3v) is 11.9. The monoisotopic (exact) mass is 711 g/mol. The van der Waals surface area contributed by atoms with E-state index in [0.29, 0.717) is 0 Å². The van der Waals surface area contributed by atoms with Crippen molar-refractivity contribution in [3.63, 3.8) is 0 Å². The molecule has 3 heterocycles. The van der Waals surface area contributed by atoms with Crippen molar-refractivity contribution in [2.24, 2.45) is 15.9 Å². The largest absolute Gasteiger partial charge is 0.457 e. The predicted octanol–water partition coefficient (Wildman–Crippen LogP) is 12.2. The van der Waals surface area contributed by atoms with Gasteiger partial charge in [0.1, 0.15) is 11.5 Å². The van der Waals surface area contributed by atoms with Crippen LogP contribution in [0.15, 0.2) is 168 Å². The first-order valence-electron chi connectivity index (χ1n) is 19.4. The van der Waals surface area contributed by atoms with E-state index in [2.05, 4.69) is 172 Å². The van der Waals surface area contributed by atoms with Gasteiger partial charge in [-0.25, -0.2) is 4.99 Å². The van der Waals surface area contributed by atoms with Gasteiger partial charge < -0.3 is 4.74 Å². The molecular weight excluding hydrogens is 671 g/mol. The van der Waals surface area contributed by atoms with Gasteiger partial charge in [0.15, 0.2) is 5.84 Å². The fourth-order valence-electron chi connectivity index (χ4n) is 9.25. The molecule has 10 rings (SSSR count). The molecule has 0 fully saturated rings. The molecule has 0 radical (unpaired) electrons. The molecule has 6 aromatic carbocycles. The summed E-state index contributed by atoms with van der Waals surface area (Å²) in [6.07, 6.45) is 1.79. The van der Waals surface area contributed by atoms with E-state index >= 15 is 0 Å². The van der Waals surface area contributed by atoms with Gasteiger partial charge in [-0.3, -0.25) is 9.98 Å². The Balaban J connectivity index is 1.14. The zero-order valence-electron chi connectivity index (χ0n) is 31.3. The van der Waals surface area contributed by atoms with Crippen molar-refractivity contribution in [1.29, 1.82) is 0 Å². The number of aromatic nitrogens is 1. The lowest BCUT2D eigenvalue weighted by Gasteiger charge is -2.39. The maximum Gasteiger partial charge on any atom is 0.155 e. The zero-order chi connectivity index (χ0) is 37.1. The molecule has 7 aromatic rings. The van der Waals surface area contributed by atoms with E-state index < -0.39 is 5.41 Å². The Kier molecular flexibility index (Phi) is 7.95. The van der Waals surface area contributed by atoms with Crippen molar-refractivity contribution in [3.05, 3.63) is 208 Å². The van der Waals surface area contributed by atoms with E-state index in [1.165, 1.54) is 38.9 Å². The van der Waals surface area contributed by atoms with E-state index in [1.54, 1.807) is 0 Å². The average Bonchev–Trinajstić information content (AvgIpc) is 3.50. The van der Waals surface area contributed by atoms with Crippen molar-refractivity contribution in [1.82, 2.24) is 4.98 Å². The lowest BCUT2D eigenvalue weighted by Crippen LogP contribution is -2.32. The molecule has 2 unspecified atom stereocenters. The minimum Gasteiger partial charge on any atom is -0.457 e. The first-order chi connectivity index (χ1) is 27.0. The van der Waals surface area contributed by atoms with Gasteiger partial charge >= 0.3 is 0 Å². The minimum absolute atomic E-state index is 0.0930. The Bertz CT molecular complexity index is 2640. The number of benzene rings is 6. The Morgan fingerprint density at radius 1 is 0.564 bits per heavy atom. The number of aliphatic imine (C=N–C) groups is 2. The third-order valence-electron chi connectivity index (χ3n) is 11.9. The van der Waals surface area contributed by atoms with E-state index in [-0.39, 0.29) is 12.0 Å². The summed E-state index contributed by atoms with van der Waals surface area (Å²) >= 11 is 0. The molecular formula is C51H41N3O. The Hall–Kier alpha value is -6.39. The molecule has 2 aliphatic heterocycles. The number of aryl methyl sites for hydroxylation is 2. The molecule has 1 aliphatic carbocycles. The summed E-state index contributed by atoms with van der Waals surface area (Å²) in [5.74, 6) is 2.82. The van der Waals surface area contributed by atoms with Crippen LogP contribution in [-0.2, 0) is 5.41 Å². The highest BCUT2D eigenvalue weighted by atomic mass is 16.5. The maximum absolute atomic E-state index is 6.60. The van der Waals surface area contributed by atoms with Gasteiger partial charge in [0.2, 0.25) is 0 Å². The van der Waals surface area contributed by atoms with E-state index in [1.807, 2.05) is 6.92 Å². The summed E-state index contributed by atoms with van der Waals surface area (Å²) in [6, 6.07) is 56.5. The van der Waals surface area contributed by atoms with Crippen molar-refractivity contribution in [3.8, 4) is 33.8 Å². The van der Waals surface area contributed by atoms with Gasteiger partial charge in [-0.2, -0.15) is 0 Å². The molecule has 266 valence electrons. The smallest absolute Gasteiger partial charge is 0.155 e. The summed E-state index contributed by atoms with van der Waals surface area (Å²) in [6.45, 7) is 6.48. The number of amidine groups is 1. The Labute approximate surface area is 323 Å². The normalized spacial score (nSPS) is 17.7. The van der Waals surface area contributed by atoms with Gasteiger partial charge in [-0.05, 0) is 95.8 Å². The van der Waals surface area contributed by atoms with Crippen molar-refractivity contribution in [2.75, 3.05) is 0 Å². The highest BCUT2D eigenvalue weighted by molar-refractivity contribution is 6.13. The predicted molar refractivity (Wildman–Crippen MR) is 224 cm³/mol. The van der Waals surface area contributed by atoms with E-state index in [0.717, 1.165) is 69.5 Å². The summed E-state index contributed by atoms with van der Waals surface area (Å²) in [5, 5.41) is 0. The molecule has 4 nitrogen and oxygen atoms in total. The van der Waals surface area contributed by atoms with Crippen LogP contribution in [-0.4, -0.2) is 16.5 Å². The number of ether oxygens (including phenoxy) is 1. The molecule has 0 bridgehead atoms. The van der Waals surface area contributed by atoms with Crippen molar-refractivity contribution in [2.45, 2.75) is 45.1 Å². The summed E-state index contributed by atoms with van der Waals surface area (Å²) in [4.78, 5) is 15.8. The molecule has 0 N–H and O–H groups in total. The fourth-order valence-corrected chi connectivity index (χ4v) is 9.25. The zero-order valence-corrected chi connectivity index (χ0v) is 31.3. The molecule has 3 aliphatic rings.